The van der Waals surface area contributed by atoms with Crippen molar-refractivity contribution in [3.05, 3.63) is 70.7 Å². The Morgan fingerprint density at radius 3 is 2.62 bits per heavy atom. The fourth-order valence-electron chi connectivity index (χ4n) is 2.93. The third-order valence-corrected chi connectivity index (χ3v) is 4.54. The van der Waals surface area contributed by atoms with E-state index in [-0.39, 0.29) is 6.10 Å². The first-order valence-electron chi connectivity index (χ1n) is 8.12. The molecule has 1 aliphatic heterocycles. The highest BCUT2D eigenvalue weighted by Gasteiger charge is 2.22. The average Bonchev–Trinajstić information content (AvgIpc) is 2.64. The molecule has 2 aromatic rings. The highest BCUT2D eigenvalue weighted by atomic mass is 35.5. The number of hydrogen-bond donors (Lipinski definition) is 1. The Hall–Kier alpha value is -1.88. The minimum Gasteiger partial charge on any atom is -0.411 e. The molecule has 0 aromatic heterocycles. The van der Waals surface area contributed by atoms with Gasteiger partial charge in [0, 0.05) is 31.1 Å². The summed E-state index contributed by atoms with van der Waals surface area (Å²) in [5.41, 5.74) is 2.82. The molecule has 0 bridgehead atoms. The third-order valence-electron chi connectivity index (χ3n) is 4.28. The van der Waals surface area contributed by atoms with E-state index in [0.29, 0.717) is 18.7 Å². The zero-order valence-electron chi connectivity index (χ0n) is 13.4. The van der Waals surface area contributed by atoms with E-state index in [1.54, 1.807) is 0 Å². The lowest BCUT2D eigenvalue weighted by atomic mass is 10.1. The van der Waals surface area contributed by atoms with Gasteiger partial charge in [-0.1, -0.05) is 59.2 Å². The molecule has 126 valence electrons. The van der Waals surface area contributed by atoms with E-state index < -0.39 is 0 Å². The molecule has 1 fully saturated rings. The predicted molar refractivity (Wildman–Crippen MR) is 96.0 cm³/mol. The number of benzene rings is 2. The van der Waals surface area contributed by atoms with Crippen molar-refractivity contribution in [1.29, 1.82) is 0 Å². The van der Waals surface area contributed by atoms with Crippen LogP contribution >= 0.6 is 11.6 Å². The standard InChI is InChI=1S/C19H21ClN2O2/c20-17-8-6-16(7-9-17)19-14-22(12-13-24-19)11-10-18(21-23)15-4-2-1-3-5-15/h1-9,19,23H,10-14H2/b21-18+. The number of nitrogens with zero attached hydrogens (tertiary/aromatic N) is 2. The second kappa shape index (κ2) is 8.29. The molecule has 2 aromatic carbocycles. The van der Waals surface area contributed by atoms with Gasteiger partial charge >= 0.3 is 0 Å². The first-order valence-corrected chi connectivity index (χ1v) is 8.50. The summed E-state index contributed by atoms with van der Waals surface area (Å²) in [6.45, 7) is 3.25. The Morgan fingerprint density at radius 1 is 1.17 bits per heavy atom. The zero-order valence-corrected chi connectivity index (χ0v) is 14.2. The number of rotatable bonds is 5. The molecule has 1 unspecified atom stereocenters. The molecule has 0 aliphatic carbocycles. The van der Waals surface area contributed by atoms with E-state index in [0.717, 1.165) is 35.8 Å². The molecule has 0 amide bonds. The van der Waals surface area contributed by atoms with Gasteiger partial charge in [0.1, 0.15) is 0 Å². The van der Waals surface area contributed by atoms with Crippen molar-refractivity contribution in [2.24, 2.45) is 5.16 Å². The van der Waals surface area contributed by atoms with Gasteiger partial charge in [0.05, 0.1) is 18.4 Å². The molecule has 0 saturated carbocycles. The lowest BCUT2D eigenvalue weighted by molar-refractivity contribution is -0.0290. The maximum Gasteiger partial charge on any atom is 0.0952 e. The summed E-state index contributed by atoms with van der Waals surface area (Å²) in [6, 6.07) is 17.6. The molecular weight excluding hydrogens is 324 g/mol. The molecule has 0 spiro atoms. The SMILES string of the molecule is O/N=C(\CCN1CCOC(c2ccc(Cl)cc2)C1)c1ccccc1. The van der Waals surface area contributed by atoms with Crippen molar-refractivity contribution in [2.45, 2.75) is 12.5 Å². The Bertz CT molecular complexity index is 674. The second-order valence-electron chi connectivity index (χ2n) is 5.87. The van der Waals surface area contributed by atoms with E-state index in [9.17, 15) is 5.21 Å². The maximum atomic E-state index is 9.30. The smallest absolute Gasteiger partial charge is 0.0952 e. The predicted octanol–water partition coefficient (Wildman–Crippen LogP) is 3.98. The summed E-state index contributed by atoms with van der Waals surface area (Å²) in [7, 11) is 0. The van der Waals surface area contributed by atoms with Crippen molar-refractivity contribution in [2.75, 3.05) is 26.2 Å². The number of morpholine rings is 1. The van der Waals surface area contributed by atoms with Gasteiger partial charge in [-0.15, -0.1) is 0 Å². The Labute approximate surface area is 147 Å². The fourth-order valence-corrected chi connectivity index (χ4v) is 3.06. The highest BCUT2D eigenvalue weighted by molar-refractivity contribution is 6.30. The number of ether oxygens (including phenoxy) is 1. The van der Waals surface area contributed by atoms with Gasteiger partial charge in [0.15, 0.2) is 0 Å². The van der Waals surface area contributed by atoms with E-state index in [1.165, 1.54) is 0 Å². The van der Waals surface area contributed by atoms with Crippen molar-refractivity contribution in [3.63, 3.8) is 0 Å². The molecular formula is C19H21ClN2O2. The van der Waals surface area contributed by atoms with Crippen LogP contribution in [-0.4, -0.2) is 42.1 Å². The molecule has 5 heteroatoms. The molecule has 1 heterocycles. The summed E-state index contributed by atoms with van der Waals surface area (Å²) < 4.78 is 5.89. The van der Waals surface area contributed by atoms with E-state index in [4.69, 9.17) is 16.3 Å². The number of halogens is 1. The first kappa shape index (κ1) is 17.0. The zero-order chi connectivity index (χ0) is 16.8. The summed E-state index contributed by atoms with van der Waals surface area (Å²) >= 11 is 5.95. The Kier molecular flexibility index (Phi) is 5.86. The molecule has 4 nitrogen and oxygen atoms in total. The minimum absolute atomic E-state index is 0.0576. The van der Waals surface area contributed by atoms with Crippen LogP contribution in [0.1, 0.15) is 23.7 Å². The van der Waals surface area contributed by atoms with Crippen LogP contribution in [0.2, 0.25) is 5.02 Å². The van der Waals surface area contributed by atoms with E-state index >= 15 is 0 Å². The maximum absolute atomic E-state index is 9.30. The van der Waals surface area contributed by atoms with Crippen LogP contribution in [-0.2, 0) is 4.74 Å². The lowest BCUT2D eigenvalue weighted by Gasteiger charge is -2.33. The summed E-state index contributed by atoms with van der Waals surface area (Å²) in [5, 5.41) is 13.5. The topological polar surface area (TPSA) is 45.1 Å². The van der Waals surface area contributed by atoms with E-state index in [2.05, 4.69) is 10.1 Å². The fraction of sp³-hybridized carbons (Fsp3) is 0.316. The van der Waals surface area contributed by atoms with Crippen LogP contribution < -0.4 is 0 Å². The Balaban J connectivity index is 1.58. The van der Waals surface area contributed by atoms with Gasteiger partial charge < -0.3 is 9.94 Å². The number of hydrogen-bond acceptors (Lipinski definition) is 4. The Morgan fingerprint density at radius 2 is 1.92 bits per heavy atom. The van der Waals surface area contributed by atoms with Crippen molar-refractivity contribution in [1.82, 2.24) is 4.90 Å². The number of oxime groups is 1. The molecule has 0 radical (unpaired) electrons. The summed E-state index contributed by atoms with van der Waals surface area (Å²) in [6.07, 6.45) is 0.760. The van der Waals surface area contributed by atoms with Crippen LogP contribution in [0.4, 0.5) is 0 Å². The summed E-state index contributed by atoms with van der Waals surface area (Å²) in [5.74, 6) is 0. The molecule has 1 saturated heterocycles. The van der Waals surface area contributed by atoms with Crippen molar-refractivity contribution < 1.29 is 9.94 Å². The molecule has 1 N–H and O–H groups in total. The molecule has 3 rings (SSSR count). The van der Waals surface area contributed by atoms with Crippen molar-refractivity contribution in [3.8, 4) is 0 Å². The van der Waals surface area contributed by atoms with Gasteiger partial charge in [0.25, 0.3) is 0 Å². The second-order valence-corrected chi connectivity index (χ2v) is 6.31. The quantitative estimate of drug-likeness (QED) is 0.507. The van der Waals surface area contributed by atoms with Gasteiger partial charge in [-0.25, -0.2) is 0 Å². The van der Waals surface area contributed by atoms with Crippen LogP contribution in [0.25, 0.3) is 0 Å². The van der Waals surface area contributed by atoms with Crippen molar-refractivity contribution >= 4 is 17.3 Å². The van der Waals surface area contributed by atoms with Gasteiger partial charge in [0.2, 0.25) is 0 Å². The lowest BCUT2D eigenvalue weighted by Crippen LogP contribution is -2.39. The monoisotopic (exact) mass is 344 g/mol. The minimum atomic E-state index is 0.0576. The van der Waals surface area contributed by atoms with Crippen LogP contribution in [0.3, 0.4) is 0 Å². The van der Waals surface area contributed by atoms with Gasteiger partial charge in [-0.2, -0.15) is 0 Å². The third kappa shape index (κ3) is 4.35. The normalized spacial score (nSPS) is 19.4. The van der Waals surface area contributed by atoms with Crippen LogP contribution in [0.15, 0.2) is 59.8 Å². The van der Waals surface area contributed by atoms with E-state index in [1.807, 2.05) is 54.6 Å². The highest BCUT2D eigenvalue weighted by Crippen LogP contribution is 2.24. The molecule has 24 heavy (non-hydrogen) atoms. The van der Waals surface area contributed by atoms with Crippen LogP contribution in [0.5, 0.6) is 0 Å². The largest absolute Gasteiger partial charge is 0.411 e. The molecule has 1 aliphatic rings. The van der Waals surface area contributed by atoms with Gasteiger partial charge in [-0.05, 0) is 23.3 Å². The molecule has 1 atom stereocenters. The average molecular weight is 345 g/mol. The summed E-state index contributed by atoms with van der Waals surface area (Å²) in [4.78, 5) is 2.34. The first-order chi connectivity index (χ1) is 11.8. The van der Waals surface area contributed by atoms with Gasteiger partial charge in [-0.3, -0.25) is 4.90 Å². The van der Waals surface area contributed by atoms with Crippen LogP contribution in [0, 0.1) is 0 Å².